The van der Waals surface area contributed by atoms with Crippen LogP contribution in [-0.2, 0) is 0 Å². The second-order valence-electron chi connectivity index (χ2n) is 2.69. The van der Waals surface area contributed by atoms with Crippen molar-refractivity contribution in [2.45, 2.75) is 6.92 Å². The van der Waals surface area contributed by atoms with E-state index in [1.807, 2.05) is 0 Å². The number of rotatable bonds is 2. The van der Waals surface area contributed by atoms with Crippen LogP contribution in [0, 0.1) is 28.7 Å². The normalized spacial score (nSPS) is 9.93. The highest BCUT2D eigenvalue weighted by Gasteiger charge is 2.20. The summed E-state index contributed by atoms with van der Waals surface area (Å²) < 4.78 is 25.9. The van der Waals surface area contributed by atoms with Crippen LogP contribution in [0.25, 0.3) is 6.08 Å². The van der Waals surface area contributed by atoms with Gasteiger partial charge in [-0.1, -0.05) is 12.7 Å². The van der Waals surface area contributed by atoms with E-state index in [-0.39, 0.29) is 11.1 Å². The van der Waals surface area contributed by atoms with E-state index in [0.29, 0.717) is 6.07 Å². The molecule has 74 valence electrons. The Bertz CT molecular complexity index is 416. The topological polar surface area (TPSA) is 43.1 Å². The third-order valence-electron chi connectivity index (χ3n) is 1.90. The molecular formula is C9H7F2NO2. The van der Waals surface area contributed by atoms with Crippen molar-refractivity contribution in [1.29, 1.82) is 0 Å². The second-order valence-corrected chi connectivity index (χ2v) is 2.69. The predicted octanol–water partition coefficient (Wildman–Crippen LogP) is 2.82. The Kier molecular flexibility index (Phi) is 2.60. The third kappa shape index (κ3) is 1.48. The van der Waals surface area contributed by atoms with Crippen molar-refractivity contribution in [2.75, 3.05) is 0 Å². The summed E-state index contributed by atoms with van der Waals surface area (Å²) in [5.74, 6) is -2.35. The van der Waals surface area contributed by atoms with Gasteiger partial charge < -0.3 is 0 Å². The van der Waals surface area contributed by atoms with Crippen molar-refractivity contribution in [1.82, 2.24) is 0 Å². The molecule has 0 radical (unpaired) electrons. The summed E-state index contributed by atoms with van der Waals surface area (Å²) in [6.07, 6.45) is 1.06. The maximum absolute atomic E-state index is 13.0. The fraction of sp³-hybridized carbons (Fsp3) is 0.111. The molecule has 0 atom stereocenters. The molecule has 0 aromatic heterocycles. The first-order valence-corrected chi connectivity index (χ1v) is 3.74. The number of hydrogen-bond acceptors (Lipinski definition) is 2. The van der Waals surface area contributed by atoms with Crippen LogP contribution in [0.5, 0.6) is 0 Å². The van der Waals surface area contributed by atoms with Gasteiger partial charge in [-0.15, -0.1) is 0 Å². The van der Waals surface area contributed by atoms with E-state index in [2.05, 4.69) is 6.58 Å². The summed E-state index contributed by atoms with van der Waals surface area (Å²) in [6.45, 7) is 4.61. The molecular weight excluding hydrogens is 192 g/mol. The van der Waals surface area contributed by atoms with Crippen LogP contribution in [0.2, 0.25) is 0 Å². The molecule has 0 N–H and O–H groups in total. The molecule has 0 spiro atoms. The SMILES string of the molecule is C=Cc1c(C)c([N+](=O)[O-])cc(F)c1F. The Hall–Kier alpha value is -1.78. The quantitative estimate of drug-likeness (QED) is 0.543. The maximum atomic E-state index is 13.0. The minimum Gasteiger partial charge on any atom is -0.258 e. The Morgan fingerprint density at radius 2 is 2.14 bits per heavy atom. The van der Waals surface area contributed by atoms with Crippen molar-refractivity contribution in [2.24, 2.45) is 0 Å². The minimum absolute atomic E-state index is 0.0731. The lowest BCUT2D eigenvalue weighted by Crippen LogP contribution is -1.99. The molecule has 1 rings (SSSR count). The lowest BCUT2D eigenvalue weighted by atomic mass is 10.1. The number of hydrogen-bond donors (Lipinski definition) is 0. The standard InChI is InChI=1S/C9H7F2NO2/c1-3-6-5(2)8(12(13)14)4-7(10)9(6)11/h3-4H,1H2,2H3. The van der Waals surface area contributed by atoms with Crippen LogP contribution in [0.15, 0.2) is 12.6 Å². The van der Waals surface area contributed by atoms with E-state index < -0.39 is 22.2 Å². The molecule has 5 heteroatoms. The van der Waals surface area contributed by atoms with Crippen LogP contribution >= 0.6 is 0 Å². The van der Waals surface area contributed by atoms with Gasteiger partial charge in [0, 0.05) is 11.1 Å². The molecule has 3 nitrogen and oxygen atoms in total. The summed E-state index contributed by atoms with van der Waals surface area (Å²) in [5, 5.41) is 10.4. The lowest BCUT2D eigenvalue weighted by Gasteiger charge is -2.03. The van der Waals surface area contributed by atoms with E-state index in [1.165, 1.54) is 6.92 Å². The first kappa shape index (κ1) is 10.3. The molecule has 14 heavy (non-hydrogen) atoms. The highest BCUT2D eigenvalue weighted by molar-refractivity contribution is 5.59. The molecule has 0 unspecified atom stereocenters. The van der Waals surface area contributed by atoms with Crippen molar-refractivity contribution >= 4 is 11.8 Å². The largest absolute Gasteiger partial charge is 0.276 e. The Balaban J connectivity index is 3.58. The van der Waals surface area contributed by atoms with Gasteiger partial charge in [-0.2, -0.15) is 0 Å². The third-order valence-corrected chi connectivity index (χ3v) is 1.90. The summed E-state index contributed by atoms with van der Waals surface area (Å²) in [4.78, 5) is 9.68. The van der Waals surface area contributed by atoms with Gasteiger partial charge in [0.2, 0.25) is 0 Å². The molecule has 0 aliphatic rings. The fourth-order valence-corrected chi connectivity index (χ4v) is 1.16. The molecule has 1 aromatic carbocycles. The van der Waals surface area contributed by atoms with E-state index in [4.69, 9.17) is 0 Å². The monoisotopic (exact) mass is 199 g/mol. The Morgan fingerprint density at radius 3 is 2.57 bits per heavy atom. The van der Waals surface area contributed by atoms with Gasteiger partial charge in [-0.05, 0) is 6.92 Å². The summed E-state index contributed by atoms with van der Waals surface area (Å²) in [5.41, 5.74) is -0.542. The van der Waals surface area contributed by atoms with Crippen LogP contribution in [0.4, 0.5) is 14.5 Å². The van der Waals surface area contributed by atoms with Crippen LogP contribution in [-0.4, -0.2) is 4.92 Å². The van der Waals surface area contributed by atoms with E-state index in [0.717, 1.165) is 6.08 Å². The van der Waals surface area contributed by atoms with Gasteiger partial charge in [0.05, 0.1) is 11.0 Å². The smallest absolute Gasteiger partial charge is 0.258 e. The first-order valence-electron chi connectivity index (χ1n) is 3.74. The van der Waals surface area contributed by atoms with Gasteiger partial charge in [0.15, 0.2) is 11.6 Å². The highest BCUT2D eigenvalue weighted by atomic mass is 19.2. The average Bonchev–Trinajstić information content (AvgIpc) is 2.12. The van der Waals surface area contributed by atoms with Crippen molar-refractivity contribution < 1.29 is 13.7 Å². The Morgan fingerprint density at radius 1 is 1.57 bits per heavy atom. The zero-order valence-corrected chi connectivity index (χ0v) is 7.38. The summed E-state index contributed by atoms with van der Waals surface area (Å²) >= 11 is 0. The van der Waals surface area contributed by atoms with Crippen molar-refractivity contribution in [3.8, 4) is 0 Å². The van der Waals surface area contributed by atoms with Crippen LogP contribution < -0.4 is 0 Å². The molecule has 0 aliphatic carbocycles. The van der Waals surface area contributed by atoms with E-state index in [1.54, 1.807) is 0 Å². The summed E-state index contributed by atoms with van der Waals surface area (Å²) in [7, 11) is 0. The molecule has 0 saturated heterocycles. The van der Waals surface area contributed by atoms with Gasteiger partial charge in [0.1, 0.15) is 0 Å². The molecule has 0 bridgehead atoms. The van der Waals surface area contributed by atoms with Gasteiger partial charge >= 0.3 is 0 Å². The maximum Gasteiger partial charge on any atom is 0.276 e. The number of nitro benzene ring substituents is 1. The molecule has 0 aliphatic heterocycles. The molecule has 0 fully saturated rings. The van der Waals surface area contributed by atoms with Gasteiger partial charge in [0.25, 0.3) is 5.69 Å². The fourth-order valence-electron chi connectivity index (χ4n) is 1.16. The van der Waals surface area contributed by atoms with E-state index in [9.17, 15) is 18.9 Å². The lowest BCUT2D eigenvalue weighted by molar-refractivity contribution is -0.385. The van der Waals surface area contributed by atoms with Gasteiger partial charge in [-0.25, -0.2) is 8.78 Å². The van der Waals surface area contributed by atoms with Crippen LogP contribution in [0.3, 0.4) is 0 Å². The zero-order valence-electron chi connectivity index (χ0n) is 7.38. The number of nitrogens with zero attached hydrogens (tertiary/aromatic N) is 1. The highest BCUT2D eigenvalue weighted by Crippen LogP contribution is 2.26. The Labute approximate surface area is 78.8 Å². The minimum atomic E-state index is -1.24. The predicted molar refractivity (Wildman–Crippen MR) is 47.8 cm³/mol. The van der Waals surface area contributed by atoms with Gasteiger partial charge in [-0.3, -0.25) is 10.1 Å². The molecule has 0 saturated carbocycles. The number of halogens is 2. The molecule has 0 amide bonds. The number of benzene rings is 1. The van der Waals surface area contributed by atoms with E-state index >= 15 is 0 Å². The van der Waals surface area contributed by atoms with Crippen molar-refractivity contribution in [3.63, 3.8) is 0 Å². The number of nitro groups is 1. The van der Waals surface area contributed by atoms with Crippen LogP contribution in [0.1, 0.15) is 11.1 Å². The molecule has 1 aromatic rings. The second kappa shape index (κ2) is 3.53. The summed E-state index contributed by atoms with van der Waals surface area (Å²) in [6, 6.07) is 0.567. The zero-order chi connectivity index (χ0) is 10.9. The average molecular weight is 199 g/mol. The van der Waals surface area contributed by atoms with Crippen molar-refractivity contribution in [3.05, 3.63) is 45.5 Å². The first-order chi connectivity index (χ1) is 6.49. The molecule has 0 heterocycles.